The number of carbonyl (C=O) groups is 1. The van der Waals surface area contributed by atoms with E-state index in [9.17, 15) is 28.1 Å². The molecule has 31 heavy (non-hydrogen) atoms. The SMILES string of the molecule is O=C(c1ccc2c(c1)OCO2)N1CCN(c2cc(Cl)c(C(F)(F)F)cc2[N+](=O)[O-])CC1. The summed E-state index contributed by atoms with van der Waals surface area (Å²) in [5, 5.41) is 10.8. The molecule has 0 atom stereocenters. The number of halogens is 4. The molecule has 2 aliphatic heterocycles. The quantitative estimate of drug-likeness (QED) is 0.512. The van der Waals surface area contributed by atoms with E-state index < -0.39 is 27.4 Å². The van der Waals surface area contributed by atoms with Crippen molar-refractivity contribution in [3.8, 4) is 11.5 Å². The smallest absolute Gasteiger partial charge is 0.418 e. The van der Waals surface area contributed by atoms with Crippen molar-refractivity contribution in [2.45, 2.75) is 6.18 Å². The average molecular weight is 458 g/mol. The zero-order valence-electron chi connectivity index (χ0n) is 15.8. The number of anilines is 1. The van der Waals surface area contributed by atoms with Crippen LogP contribution < -0.4 is 14.4 Å². The van der Waals surface area contributed by atoms with Gasteiger partial charge in [-0.2, -0.15) is 13.2 Å². The van der Waals surface area contributed by atoms with Crippen LogP contribution in [0.2, 0.25) is 5.02 Å². The summed E-state index contributed by atoms with van der Waals surface area (Å²) in [6.45, 7) is 0.921. The lowest BCUT2D eigenvalue weighted by atomic mass is 10.1. The average Bonchev–Trinajstić information content (AvgIpc) is 3.20. The van der Waals surface area contributed by atoms with Crippen molar-refractivity contribution in [1.29, 1.82) is 0 Å². The minimum atomic E-state index is -4.81. The number of piperazine rings is 1. The fourth-order valence-corrected chi connectivity index (χ4v) is 3.80. The highest BCUT2D eigenvalue weighted by molar-refractivity contribution is 6.31. The summed E-state index contributed by atoms with van der Waals surface area (Å²) in [6, 6.07) is 6.24. The molecule has 0 N–H and O–H groups in total. The number of hydrogen-bond donors (Lipinski definition) is 0. The number of ether oxygens (including phenoxy) is 2. The predicted octanol–water partition coefficient (Wildman–Crippen LogP) is 3.96. The van der Waals surface area contributed by atoms with Gasteiger partial charge in [-0.25, -0.2) is 0 Å². The lowest BCUT2D eigenvalue weighted by Crippen LogP contribution is -2.49. The van der Waals surface area contributed by atoms with Gasteiger partial charge in [0.15, 0.2) is 11.5 Å². The molecule has 0 unspecified atom stereocenters. The number of amides is 1. The number of nitro benzene ring substituents is 1. The first-order valence-electron chi connectivity index (χ1n) is 9.14. The molecule has 1 amide bonds. The highest BCUT2D eigenvalue weighted by Gasteiger charge is 2.37. The van der Waals surface area contributed by atoms with Gasteiger partial charge >= 0.3 is 6.18 Å². The van der Waals surface area contributed by atoms with Crippen LogP contribution in [-0.4, -0.2) is 48.7 Å². The minimum absolute atomic E-state index is 0.0156. The molecule has 2 aromatic carbocycles. The Morgan fingerprint density at radius 1 is 1.06 bits per heavy atom. The molecule has 164 valence electrons. The number of fused-ring (bicyclic) bond motifs is 1. The van der Waals surface area contributed by atoms with E-state index in [2.05, 4.69) is 0 Å². The highest BCUT2D eigenvalue weighted by atomic mass is 35.5. The van der Waals surface area contributed by atoms with E-state index in [0.29, 0.717) is 23.1 Å². The number of rotatable bonds is 3. The van der Waals surface area contributed by atoms with Gasteiger partial charge in [0.25, 0.3) is 11.6 Å². The fourth-order valence-electron chi connectivity index (χ4n) is 3.53. The summed E-state index contributed by atoms with van der Waals surface area (Å²) in [6.07, 6.45) is -4.81. The standard InChI is InChI=1S/C19H15ClF3N3O5/c20-13-9-14(15(26(28)29)8-12(13)19(21,22)23)24-3-5-25(6-4-24)18(27)11-1-2-16-17(7-11)31-10-30-16/h1-2,7-9H,3-6,10H2. The van der Waals surface area contributed by atoms with Gasteiger partial charge in [0.2, 0.25) is 6.79 Å². The van der Waals surface area contributed by atoms with Crippen LogP contribution in [0, 0.1) is 10.1 Å². The first-order chi connectivity index (χ1) is 14.6. The van der Waals surface area contributed by atoms with Crippen LogP contribution in [0.15, 0.2) is 30.3 Å². The Labute approximate surface area is 178 Å². The molecule has 2 heterocycles. The Morgan fingerprint density at radius 2 is 1.74 bits per heavy atom. The molecule has 1 fully saturated rings. The summed E-state index contributed by atoms with van der Waals surface area (Å²) >= 11 is 5.76. The highest BCUT2D eigenvalue weighted by Crippen LogP contribution is 2.41. The first-order valence-corrected chi connectivity index (χ1v) is 9.52. The van der Waals surface area contributed by atoms with Crippen molar-refractivity contribution < 1.29 is 32.4 Å². The molecule has 0 aliphatic carbocycles. The number of nitro groups is 1. The zero-order chi connectivity index (χ0) is 22.3. The topological polar surface area (TPSA) is 85.2 Å². The maximum atomic E-state index is 13.1. The number of benzene rings is 2. The van der Waals surface area contributed by atoms with Crippen LogP contribution in [-0.2, 0) is 6.18 Å². The van der Waals surface area contributed by atoms with Crippen LogP contribution >= 0.6 is 11.6 Å². The van der Waals surface area contributed by atoms with E-state index in [4.69, 9.17) is 21.1 Å². The van der Waals surface area contributed by atoms with Crippen molar-refractivity contribution in [3.63, 3.8) is 0 Å². The molecule has 2 aromatic rings. The van der Waals surface area contributed by atoms with Gasteiger partial charge < -0.3 is 19.3 Å². The second-order valence-corrected chi connectivity index (χ2v) is 7.33. The Hall–Kier alpha value is -3.21. The van der Waals surface area contributed by atoms with Crippen LogP contribution in [0.3, 0.4) is 0 Å². The Balaban J connectivity index is 1.51. The number of nitrogens with zero attached hydrogens (tertiary/aromatic N) is 3. The third kappa shape index (κ3) is 4.05. The van der Waals surface area contributed by atoms with Crippen LogP contribution in [0.25, 0.3) is 0 Å². The second kappa shape index (κ2) is 7.80. The number of alkyl halides is 3. The Morgan fingerprint density at radius 3 is 2.39 bits per heavy atom. The molecule has 0 spiro atoms. The molecule has 4 rings (SSSR count). The van der Waals surface area contributed by atoms with Crippen molar-refractivity contribution in [1.82, 2.24) is 4.90 Å². The summed E-state index contributed by atoms with van der Waals surface area (Å²) in [7, 11) is 0. The van der Waals surface area contributed by atoms with Crippen LogP contribution in [0.5, 0.6) is 11.5 Å². The van der Waals surface area contributed by atoms with Crippen LogP contribution in [0.1, 0.15) is 15.9 Å². The van der Waals surface area contributed by atoms with Gasteiger partial charge in [-0.15, -0.1) is 0 Å². The van der Waals surface area contributed by atoms with E-state index >= 15 is 0 Å². The van der Waals surface area contributed by atoms with Crippen LogP contribution in [0.4, 0.5) is 24.5 Å². The lowest BCUT2D eigenvalue weighted by Gasteiger charge is -2.36. The van der Waals surface area contributed by atoms with Gasteiger partial charge in [0, 0.05) is 37.8 Å². The van der Waals surface area contributed by atoms with Gasteiger partial charge in [0.05, 0.1) is 15.5 Å². The molecule has 2 aliphatic rings. The predicted molar refractivity (Wildman–Crippen MR) is 104 cm³/mol. The summed E-state index contributed by atoms with van der Waals surface area (Å²) < 4.78 is 49.7. The first kappa shape index (κ1) is 21.0. The summed E-state index contributed by atoms with van der Waals surface area (Å²) in [5.41, 5.74) is -1.56. The number of carbonyl (C=O) groups excluding carboxylic acids is 1. The fraction of sp³-hybridized carbons (Fsp3) is 0.316. The molecular weight excluding hydrogens is 443 g/mol. The van der Waals surface area contributed by atoms with Crippen molar-refractivity contribution in [3.05, 3.63) is 56.6 Å². The van der Waals surface area contributed by atoms with Gasteiger partial charge in [-0.05, 0) is 24.3 Å². The van der Waals surface area contributed by atoms with E-state index in [0.717, 1.165) is 6.07 Å². The molecule has 0 saturated carbocycles. The normalized spacial score (nSPS) is 15.9. The molecule has 0 aromatic heterocycles. The minimum Gasteiger partial charge on any atom is -0.454 e. The van der Waals surface area contributed by atoms with Crippen molar-refractivity contribution in [2.24, 2.45) is 0 Å². The van der Waals surface area contributed by atoms with Gasteiger partial charge in [-0.1, -0.05) is 11.6 Å². The van der Waals surface area contributed by atoms with Gasteiger partial charge in [-0.3, -0.25) is 14.9 Å². The molecule has 0 radical (unpaired) electrons. The Kier molecular flexibility index (Phi) is 5.29. The molecule has 8 nitrogen and oxygen atoms in total. The molecule has 12 heteroatoms. The van der Waals surface area contributed by atoms with Crippen molar-refractivity contribution in [2.75, 3.05) is 37.9 Å². The Bertz CT molecular complexity index is 1050. The van der Waals surface area contributed by atoms with E-state index in [-0.39, 0.29) is 44.6 Å². The van der Waals surface area contributed by atoms with Crippen molar-refractivity contribution >= 4 is 28.9 Å². The summed E-state index contributed by atoms with van der Waals surface area (Å²) in [4.78, 5) is 26.4. The zero-order valence-corrected chi connectivity index (χ0v) is 16.6. The molecule has 1 saturated heterocycles. The third-order valence-corrected chi connectivity index (χ3v) is 5.41. The van der Waals surface area contributed by atoms with E-state index in [1.165, 1.54) is 0 Å². The monoisotopic (exact) mass is 457 g/mol. The number of hydrogen-bond acceptors (Lipinski definition) is 6. The molecular formula is C19H15ClF3N3O5. The second-order valence-electron chi connectivity index (χ2n) is 6.92. The van der Waals surface area contributed by atoms with E-state index in [1.54, 1.807) is 28.0 Å². The largest absolute Gasteiger partial charge is 0.454 e. The van der Waals surface area contributed by atoms with E-state index in [1.807, 2.05) is 0 Å². The van der Waals surface area contributed by atoms with Gasteiger partial charge in [0.1, 0.15) is 5.69 Å². The maximum Gasteiger partial charge on any atom is 0.418 e. The maximum absolute atomic E-state index is 13.1. The third-order valence-electron chi connectivity index (χ3n) is 5.09. The molecule has 0 bridgehead atoms. The lowest BCUT2D eigenvalue weighted by molar-refractivity contribution is -0.384. The summed E-state index contributed by atoms with van der Waals surface area (Å²) in [5.74, 6) is 0.769.